The highest BCUT2D eigenvalue weighted by Crippen LogP contribution is 2.39. The third-order valence-corrected chi connectivity index (χ3v) is 12.0. The maximum Gasteiger partial charge on any atom is 0.182 e. The van der Waals surface area contributed by atoms with Crippen LogP contribution in [0.4, 0.5) is 0 Å². The first-order chi connectivity index (χ1) is 31.2. The Bertz CT molecular complexity index is 3870. The zero-order valence-corrected chi connectivity index (χ0v) is 33.6. The first-order valence-corrected chi connectivity index (χ1v) is 20.9. The molecule has 0 N–H and O–H groups in total. The first kappa shape index (κ1) is 35.0. The summed E-state index contributed by atoms with van der Waals surface area (Å²) in [4.78, 5) is 24.7. The molecule has 63 heavy (non-hydrogen) atoms. The molecule has 8 nitrogen and oxygen atoms in total. The van der Waals surface area contributed by atoms with E-state index in [0.717, 1.165) is 88.7 Å². The first-order valence-electron chi connectivity index (χ1n) is 20.9. The normalized spacial score (nSPS) is 11.8. The summed E-state index contributed by atoms with van der Waals surface area (Å²) in [6, 6.07) is 67.0. The van der Waals surface area contributed by atoms with Crippen LogP contribution in [0.1, 0.15) is 0 Å². The summed E-state index contributed by atoms with van der Waals surface area (Å²) in [7, 11) is 0. The monoisotopic (exact) mass is 807 g/mol. The summed E-state index contributed by atoms with van der Waals surface area (Å²) in [5.41, 5.74) is 12.6. The standard InChI is InChI=1S/C55H33N7O/c1-3-13-34(14-4-1)53-58-54(35-15-5-2-6-16-35)60-55(59-53)44-19-11-23-51(57-44)62-46-21-10-7-17-39(46)41-27-24-37(32-48(41)62)36-25-29-47-43(31-36)40-18-8-9-20-45(40)61(47)38-26-28-42-50(33-38)63-49-22-12-30-56-52(42)49/h1-33H. The van der Waals surface area contributed by atoms with Crippen LogP contribution < -0.4 is 0 Å². The van der Waals surface area contributed by atoms with Crippen molar-refractivity contribution in [3.63, 3.8) is 0 Å². The largest absolute Gasteiger partial charge is 0.454 e. The third kappa shape index (κ3) is 5.66. The van der Waals surface area contributed by atoms with Crippen molar-refractivity contribution in [2.45, 2.75) is 0 Å². The van der Waals surface area contributed by atoms with Crippen LogP contribution in [-0.4, -0.2) is 34.1 Å². The second-order valence-corrected chi connectivity index (χ2v) is 15.7. The van der Waals surface area contributed by atoms with Gasteiger partial charge in [0.05, 0.1) is 22.1 Å². The molecule has 0 saturated carbocycles. The fraction of sp³-hybridized carbons (Fsp3) is 0. The third-order valence-electron chi connectivity index (χ3n) is 12.0. The van der Waals surface area contributed by atoms with Crippen molar-refractivity contribution in [3.8, 4) is 56.9 Å². The van der Waals surface area contributed by atoms with Crippen LogP contribution in [0.15, 0.2) is 205 Å². The van der Waals surface area contributed by atoms with Gasteiger partial charge >= 0.3 is 0 Å². The van der Waals surface area contributed by atoms with E-state index in [1.807, 2.05) is 91.1 Å². The molecule has 7 aromatic carbocycles. The highest BCUT2D eigenvalue weighted by molar-refractivity contribution is 6.13. The number of furan rings is 1. The van der Waals surface area contributed by atoms with E-state index in [4.69, 9.17) is 24.4 Å². The molecule has 0 bridgehead atoms. The minimum Gasteiger partial charge on any atom is -0.454 e. The van der Waals surface area contributed by atoms with Crippen LogP contribution in [0.3, 0.4) is 0 Å². The molecule has 8 heteroatoms. The Kier molecular flexibility index (Phi) is 7.74. The molecule has 0 aliphatic carbocycles. The Morgan fingerprint density at radius 1 is 0.349 bits per heavy atom. The maximum atomic E-state index is 6.27. The number of para-hydroxylation sites is 2. The predicted molar refractivity (Wildman–Crippen MR) is 253 cm³/mol. The van der Waals surface area contributed by atoms with Crippen LogP contribution in [0.25, 0.3) is 123 Å². The molecule has 0 saturated heterocycles. The van der Waals surface area contributed by atoms with Crippen LogP contribution >= 0.6 is 0 Å². The van der Waals surface area contributed by atoms with E-state index >= 15 is 0 Å². The number of aromatic nitrogens is 7. The smallest absolute Gasteiger partial charge is 0.182 e. The Morgan fingerprint density at radius 3 is 1.75 bits per heavy atom. The van der Waals surface area contributed by atoms with Gasteiger partial charge < -0.3 is 8.98 Å². The van der Waals surface area contributed by atoms with Crippen molar-refractivity contribution in [2.75, 3.05) is 0 Å². The lowest BCUT2D eigenvalue weighted by Gasteiger charge is -2.11. The van der Waals surface area contributed by atoms with E-state index in [0.29, 0.717) is 23.2 Å². The van der Waals surface area contributed by atoms with Gasteiger partial charge in [0.15, 0.2) is 23.1 Å². The number of benzene rings is 7. The quantitative estimate of drug-likeness (QED) is 0.166. The average molecular weight is 808 g/mol. The minimum absolute atomic E-state index is 0.507. The SMILES string of the molecule is c1ccc(-c2nc(-c3ccccc3)nc(-c3cccc(-n4c5ccccc5c5ccc(-c6ccc7c(c6)c6ccccc6n7-c6ccc7c(c6)oc6cccnc67)cc54)n3)n2)cc1. The summed E-state index contributed by atoms with van der Waals surface area (Å²) < 4.78 is 10.9. The molecule has 0 spiro atoms. The van der Waals surface area contributed by atoms with E-state index in [2.05, 4.69) is 123 Å². The van der Waals surface area contributed by atoms with Crippen LogP contribution in [0, 0.1) is 0 Å². The van der Waals surface area contributed by atoms with Gasteiger partial charge in [0, 0.05) is 56.0 Å². The minimum atomic E-state index is 0.507. The van der Waals surface area contributed by atoms with Gasteiger partial charge in [-0.2, -0.15) is 0 Å². The van der Waals surface area contributed by atoms with Crippen molar-refractivity contribution in [2.24, 2.45) is 0 Å². The molecular weight excluding hydrogens is 775 g/mol. The predicted octanol–water partition coefficient (Wildman–Crippen LogP) is 13.4. The van der Waals surface area contributed by atoms with E-state index < -0.39 is 0 Å². The van der Waals surface area contributed by atoms with Crippen molar-refractivity contribution in [1.29, 1.82) is 0 Å². The molecule has 13 rings (SSSR count). The Labute approximate surface area is 360 Å². The van der Waals surface area contributed by atoms with E-state index in [-0.39, 0.29) is 0 Å². The topological polar surface area (TPSA) is 87.5 Å². The molecule has 6 heterocycles. The van der Waals surface area contributed by atoms with Gasteiger partial charge in [0.1, 0.15) is 22.6 Å². The number of fused-ring (bicyclic) bond motifs is 9. The summed E-state index contributed by atoms with van der Waals surface area (Å²) in [6.45, 7) is 0. The number of hydrogen-bond donors (Lipinski definition) is 0. The van der Waals surface area contributed by atoms with Gasteiger partial charge in [-0.1, -0.05) is 121 Å². The second-order valence-electron chi connectivity index (χ2n) is 15.7. The zero-order chi connectivity index (χ0) is 41.4. The van der Waals surface area contributed by atoms with Crippen molar-refractivity contribution < 1.29 is 4.42 Å². The van der Waals surface area contributed by atoms with Gasteiger partial charge in [-0.05, 0) is 77.9 Å². The zero-order valence-electron chi connectivity index (χ0n) is 33.6. The number of nitrogens with zero attached hydrogens (tertiary/aromatic N) is 7. The van der Waals surface area contributed by atoms with Crippen LogP contribution in [0.2, 0.25) is 0 Å². The maximum absolute atomic E-state index is 6.27. The molecule has 0 amide bonds. The Hall–Kier alpha value is -8.75. The summed E-state index contributed by atoms with van der Waals surface area (Å²) >= 11 is 0. The number of rotatable bonds is 6. The van der Waals surface area contributed by atoms with Crippen LogP contribution in [0.5, 0.6) is 0 Å². The molecule has 0 radical (unpaired) electrons. The second kappa shape index (κ2) is 13.9. The average Bonchev–Trinajstić information content (AvgIpc) is 4.01. The molecular formula is C55H33N7O. The van der Waals surface area contributed by atoms with Gasteiger partial charge in [-0.25, -0.2) is 19.9 Å². The van der Waals surface area contributed by atoms with E-state index in [9.17, 15) is 0 Å². The number of hydrogen-bond acceptors (Lipinski definition) is 6. The van der Waals surface area contributed by atoms with E-state index in [1.54, 1.807) is 0 Å². The van der Waals surface area contributed by atoms with Crippen molar-refractivity contribution in [3.05, 3.63) is 200 Å². The molecule has 6 aromatic heterocycles. The van der Waals surface area contributed by atoms with Gasteiger partial charge in [0.2, 0.25) is 0 Å². The Morgan fingerprint density at radius 2 is 0.968 bits per heavy atom. The molecule has 13 aromatic rings. The van der Waals surface area contributed by atoms with Crippen molar-refractivity contribution in [1.82, 2.24) is 34.1 Å². The Balaban J connectivity index is 0.952. The molecule has 0 fully saturated rings. The number of pyridine rings is 2. The van der Waals surface area contributed by atoms with E-state index in [1.165, 1.54) is 10.8 Å². The lowest BCUT2D eigenvalue weighted by atomic mass is 10.0. The highest BCUT2D eigenvalue weighted by Gasteiger charge is 2.19. The molecule has 0 aliphatic rings. The highest BCUT2D eigenvalue weighted by atomic mass is 16.3. The fourth-order valence-corrected chi connectivity index (χ4v) is 9.15. The summed E-state index contributed by atoms with van der Waals surface area (Å²) in [5, 5.41) is 5.66. The lowest BCUT2D eigenvalue weighted by molar-refractivity contribution is 0.668. The lowest BCUT2D eigenvalue weighted by Crippen LogP contribution is -2.03. The van der Waals surface area contributed by atoms with Crippen LogP contribution in [-0.2, 0) is 0 Å². The molecule has 294 valence electrons. The summed E-state index contributed by atoms with van der Waals surface area (Å²) in [5.74, 6) is 2.47. The van der Waals surface area contributed by atoms with Gasteiger partial charge in [-0.3, -0.25) is 9.55 Å². The van der Waals surface area contributed by atoms with Gasteiger partial charge in [0.25, 0.3) is 0 Å². The molecule has 0 unspecified atom stereocenters. The molecule has 0 atom stereocenters. The summed E-state index contributed by atoms with van der Waals surface area (Å²) in [6.07, 6.45) is 1.81. The fourth-order valence-electron chi connectivity index (χ4n) is 9.15. The van der Waals surface area contributed by atoms with Gasteiger partial charge in [-0.15, -0.1) is 0 Å². The van der Waals surface area contributed by atoms with Crippen molar-refractivity contribution >= 4 is 65.7 Å². The molecule has 0 aliphatic heterocycles.